The third-order valence-corrected chi connectivity index (χ3v) is 4.43. The zero-order chi connectivity index (χ0) is 21.2. The molecule has 3 rings (SSSR count). The Kier molecular flexibility index (Phi) is 8.27. The second-order valence-corrected chi connectivity index (χ2v) is 8.54. The first-order chi connectivity index (χ1) is 13.9. The summed E-state index contributed by atoms with van der Waals surface area (Å²) < 4.78 is 6.18. The van der Waals surface area contributed by atoms with Gasteiger partial charge in [0.25, 0.3) is 0 Å². The van der Waals surface area contributed by atoms with E-state index in [1.165, 1.54) is 16.4 Å². The minimum atomic E-state index is -1.36. The van der Waals surface area contributed by atoms with Gasteiger partial charge in [-0.05, 0) is 0 Å². The Hall–Kier alpha value is -2.80. The lowest BCUT2D eigenvalue weighted by Gasteiger charge is -2.38. The minimum Gasteiger partial charge on any atom is -0.372 e. The Balaban J connectivity index is 0.000000537. The predicted molar refractivity (Wildman–Crippen MR) is 128 cm³/mol. The van der Waals surface area contributed by atoms with Crippen LogP contribution in [-0.4, -0.2) is 52.5 Å². The van der Waals surface area contributed by atoms with Crippen LogP contribution in [0.25, 0.3) is 0 Å². The molecule has 0 heterocycles. The quantitative estimate of drug-likeness (QED) is 0.381. The van der Waals surface area contributed by atoms with Gasteiger partial charge in [-0.3, -0.25) is 5.82 Å². The summed E-state index contributed by atoms with van der Waals surface area (Å²) in [6.07, 6.45) is -1.36. The number of benzene rings is 3. The molecule has 0 aliphatic rings. The first-order valence-electron chi connectivity index (χ1n) is 9.98. The van der Waals surface area contributed by atoms with Crippen LogP contribution in [0.1, 0.15) is 0 Å². The molecular formula is C26H32BNO. The molecule has 0 atom stereocenters. The van der Waals surface area contributed by atoms with E-state index in [1.54, 1.807) is 7.11 Å². The molecule has 0 saturated heterocycles. The number of rotatable bonds is 4. The predicted octanol–water partition coefficient (Wildman–Crippen LogP) is 2.67. The molecule has 3 aromatic carbocycles. The van der Waals surface area contributed by atoms with Gasteiger partial charge in [-0.15, -0.1) is 5.92 Å². The Morgan fingerprint density at radius 1 is 0.655 bits per heavy atom. The maximum absolute atomic E-state index is 5.18. The van der Waals surface area contributed by atoms with Gasteiger partial charge in [0.15, 0.2) is 0 Å². The summed E-state index contributed by atoms with van der Waals surface area (Å²) in [5, 5.41) is 0. The van der Waals surface area contributed by atoms with Gasteiger partial charge in [0.05, 0.1) is 28.2 Å². The summed E-state index contributed by atoms with van der Waals surface area (Å²) in [6.45, 7) is 0.427. The molecule has 29 heavy (non-hydrogen) atoms. The molecule has 0 unspecified atom stereocenters. The average molecular weight is 385 g/mol. The Morgan fingerprint density at radius 3 is 1.24 bits per heavy atom. The first kappa shape index (κ1) is 22.5. The van der Waals surface area contributed by atoms with E-state index in [9.17, 15) is 0 Å². The van der Waals surface area contributed by atoms with Crippen molar-refractivity contribution in [2.24, 2.45) is 0 Å². The van der Waals surface area contributed by atoms with E-state index in [4.69, 9.17) is 4.74 Å². The number of hydrogen-bond donors (Lipinski definition) is 0. The van der Waals surface area contributed by atoms with E-state index in [0.717, 1.165) is 4.48 Å². The van der Waals surface area contributed by atoms with Crippen molar-refractivity contribution in [3.63, 3.8) is 0 Å². The molecule has 3 aromatic rings. The molecule has 0 aromatic heterocycles. The zero-order valence-corrected chi connectivity index (χ0v) is 18.3. The molecule has 0 amide bonds. The summed E-state index contributed by atoms with van der Waals surface area (Å²) >= 11 is 0. The van der Waals surface area contributed by atoms with Crippen molar-refractivity contribution in [1.82, 2.24) is 0 Å². The molecule has 0 N–H and O–H groups in total. The topological polar surface area (TPSA) is 9.23 Å². The fourth-order valence-electron chi connectivity index (χ4n) is 3.32. The molecule has 150 valence electrons. The highest BCUT2D eigenvalue weighted by Gasteiger charge is 2.27. The first-order valence-corrected chi connectivity index (χ1v) is 9.98. The fourth-order valence-corrected chi connectivity index (χ4v) is 3.32. The molecule has 2 nitrogen and oxygen atoms in total. The third-order valence-electron chi connectivity index (χ3n) is 4.43. The molecule has 0 aliphatic carbocycles. The highest BCUT2D eigenvalue weighted by atomic mass is 16.5. The summed E-state index contributed by atoms with van der Waals surface area (Å²) in [4.78, 5) is 0. The second kappa shape index (κ2) is 10.7. The van der Waals surface area contributed by atoms with Gasteiger partial charge in [0.1, 0.15) is 12.8 Å². The Bertz CT molecular complexity index is 804. The van der Waals surface area contributed by atoms with Gasteiger partial charge in [0.2, 0.25) is 0 Å². The summed E-state index contributed by atoms with van der Waals surface area (Å²) in [5.74, 6) is 6.80. The van der Waals surface area contributed by atoms with Crippen LogP contribution >= 0.6 is 0 Å². The van der Waals surface area contributed by atoms with E-state index < -0.39 is 6.15 Å². The number of ether oxygens (including phenoxy) is 1. The van der Waals surface area contributed by atoms with Crippen LogP contribution in [0.15, 0.2) is 91.0 Å². The van der Waals surface area contributed by atoms with E-state index in [0.29, 0.717) is 6.61 Å². The SMILES string of the molecule is COCC#C[B-](c1ccccc1)(c1ccccc1)c1ccccc1.C[N+](C)(C)C. The van der Waals surface area contributed by atoms with Crippen LogP contribution in [0.4, 0.5) is 0 Å². The van der Waals surface area contributed by atoms with Crippen LogP contribution in [0.2, 0.25) is 0 Å². The highest BCUT2D eigenvalue weighted by molar-refractivity contribution is 7.16. The standard InChI is InChI=1S/C22H20BO.C4H12N/c1-24-19-11-18-23(20-12-5-2-6-13-20,21-14-7-3-8-15-21)22-16-9-4-10-17-22;1-5(2,3)4/h2-10,12-17H,19H2,1H3;1-4H3/q-1;+1. The maximum Gasteiger partial charge on any atom is 0.149 e. The molecule has 0 radical (unpaired) electrons. The normalized spacial score (nSPS) is 10.9. The monoisotopic (exact) mass is 385 g/mol. The van der Waals surface area contributed by atoms with Gasteiger partial charge in [0, 0.05) is 7.11 Å². The van der Waals surface area contributed by atoms with E-state index in [1.807, 2.05) is 18.2 Å². The highest BCUT2D eigenvalue weighted by Crippen LogP contribution is 2.07. The number of methoxy groups -OCH3 is 1. The largest absolute Gasteiger partial charge is 0.372 e. The fraction of sp³-hybridized carbons (Fsp3) is 0.231. The van der Waals surface area contributed by atoms with Crippen molar-refractivity contribution in [1.29, 1.82) is 0 Å². The lowest BCUT2D eigenvalue weighted by Crippen LogP contribution is -2.66. The molecule has 0 bridgehead atoms. The molecule has 0 spiro atoms. The van der Waals surface area contributed by atoms with E-state index in [-0.39, 0.29) is 0 Å². The third kappa shape index (κ3) is 6.64. The van der Waals surface area contributed by atoms with Gasteiger partial charge < -0.3 is 9.22 Å². The maximum atomic E-state index is 5.18. The van der Waals surface area contributed by atoms with Crippen LogP contribution in [-0.2, 0) is 4.74 Å². The number of nitrogens with zero attached hydrogens (tertiary/aromatic N) is 1. The summed E-state index contributed by atoms with van der Waals surface area (Å²) in [7, 11) is 10.2. The molecule has 3 heteroatoms. The van der Waals surface area contributed by atoms with Crippen molar-refractivity contribution < 1.29 is 9.22 Å². The van der Waals surface area contributed by atoms with Crippen LogP contribution in [0.5, 0.6) is 0 Å². The van der Waals surface area contributed by atoms with E-state index >= 15 is 0 Å². The minimum absolute atomic E-state index is 0.427. The van der Waals surface area contributed by atoms with Crippen molar-refractivity contribution >= 4 is 22.5 Å². The van der Waals surface area contributed by atoms with Gasteiger partial charge in [-0.2, -0.15) is 16.4 Å². The summed E-state index contributed by atoms with van der Waals surface area (Å²) in [5.41, 5.74) is 3.66. The zero-order valence-electron chi connectivity index (χ0n) is 18.3. The van der Waals surface area contributed by atoms with Gasteiger partial charge in [-0.25, -0.2) is 0 Å². The van der Waals surface area contributed by atoms with Crippen LogP contribution in [0, 0.1) is 11.7 Å². The lowest BCUT2D eigenvalue weighted by molar-refractivity contribution is -0.849. The smallest absolute Gasteiger partial charge is 0.149 e. The van der Waals surface area contributed by atoms with Gasteiger partial charge >= 0.3 is 0 Å². The van der Waals surface area contributed by atoms with Crippen molar-refractivity contribution in [3.8, 4) is 11.7 Å². The van der Waals surface area contributed by atoms with Crippen LogP contribution < -0.4 is 16.4 Å². The lowest BCUT2D eigenvalue weighted by atomic mass is 9.16. The van der Waals surface area contributed by atoms with Crippen molar-refractivity contribution in [3.05, 3.63) is 91.0 Å². The Labute approximate surface area is 176 Å². The number of hydrogen-bond acceptors (Lipinski definition) is 1. The van der Waals surface area contributed by atoms with Gasteiger partial charge in [-0.1, -0.05) is 91.0 Å². The summed E-state index contributed by atoms with van der Waals surface area (Å²) in [6, 6.07) is 31.6. The molecule has 0 aliphatic heterocycles. The molecular weight excluding hydrogens is 353 g/mol. The average Bonchev–Trinajstić information content (AvgIpc) is 2.72. The molecule has 0 saturated carbocycles. The van der Waals surface area contributed by atoms with E-state index in [2.05, 4.69) is 113 Å². The number of quaternary nitrogens is 1. The second-order valence-electron chi connectivity index (χ2n) is 8.54. The van der Waals surface area contributed by atoms with Crippen molar-refractivity contribution in [2.45, 2.75) is 0 Å². The molecule has 0 fully saturated rings. The van der Waals surface area contributed by atoms with Crippen LogP contribution in [0.3, 0.4) is 0 Å². The Morgan fingerprint density at radius 2 is 0.966 bits per heavy atom. The van der Waals surface area contributed by atoms with Crippen molar-refractivity contribution in [2.75, 3.05) is 41.9 Å².